The van der Waals surface area contributed by atoms with E-state index < -0.39 is 5.41 Å². The average molecular weight is 228 g/mol. The topological polar surface area (TPSA) is 52.9 Å². The van der Waals surface area contributed by atoms with Gasteiger partial charge < -0.3 is 5.32 Å². The van der Waals surface area contributed by atoms with E-state index in [0.717, 1.165) is 23.2 Å². The molecule has 17 heavy (non-hydrogen) atoms. The molecule has 0 bridgehead atoms. The molecule has 0 aliphatic heterocycles. The molecule has 0 atom stereocenters. The van der Waals surface area contributed by atoms with Crippen LogP contribution in [0.5, 0.6) is 0 Å². The van der Waals surface area contributed by atoms with Crippen LogP contribution in [0.2, 0.25) is 0 Å². The molecule has 0 aromatic heterocycles. The molecule has 3 heteroatoms. The van der Waals surface area contributed by atoms with Crippen molar-refractivity contribution >= 4 is 11.6 Å². The van der Waals surface area contributed by atoms with Crippen LogP contribution in [-0.4, -0.2) is 5.91 Å². The summed E-state index contributed by atoms with van der Waals surface area (Å²) in [5, 5.41) is 12.0. The minimum absolute atomic E-state index is 0.149. The number of carbonyl (C=O) groups excluding carboxylic acids is 1. The lowest BCUT2D eigenvalue weighted by Crippen LogP contribution is -2.40. The van der Waals surface area contributed by atoms with Gasteiger partial charge in [0, 0.05) is 5.69 Å². The van der Waals surface area contributed by atoms with Crippen LogP contribution in [0.4, 0.5) is 5.69 Å². The maximum Gasteiger partial charge on any atom is 0.244 e. The number of amides is 1. The number of anilines is 1. The summed E-state index contributed by atoms with van der Waals surface area (Å²) in [7, 11) is 0. The number of carbonyl (C=O) groups is 1. The minimum Gasteiger partial charge on any atom is -0.324 e. The molecule has 1 aliphatic rings. The quantitative estimate of drug-likeness (QED) is 0.846. The molecule has 1 amide bonds. The van der Waals surface area contributed by atoms with E-state index in [4.69, 9.17) is 5.26 Å². The molecule has 0 saturated heterocycles. The van der Waals surface area contributed by atoms with Crippen LogP contribution in [0.25, 0.3) is 0 Å². The maximum atomic E-state index is 12.1. The summed E-state index contributed by atoms with van der Waals surface area (Å²) in [6, 6.07) is 8.05. The van der Waals surface area contributed by atoms with Gasteiger partial charge in [-0.1, -0.05) is 18.2 Å². The monoisotopic (exact) mass is 228 g/mol. The molecule has 3 nitrogen and oxygen atoms in total. The van der Waals surface area contributed by atoms with E-state index in [9.17, 15) is 4.79 Å². The second kappa shape index (κ2) is 4.21. The fraction of sp³-hybridized carbons (Fsp3) is 0.429. The summed E-state index contributed by atoms with van der Waals surface area (Å²) >= 11 is 0. The van der Waals surface area contributed by atoms with Crippen LogP contribution in [0.15, 0.2) is 18.2 Å². The molecule has 88 valence electrons. The zero-order valence-corrected chi connectivity index (χ0v) is 10.2. The van der Waals surface area contributed by atoms with Crippen LogP contribution in [0.1, 0.15) is 30.4 Å². The Morgan fingerprint density at radius 2 is 1.94 bits per heavy atom. The first-order chi connectivity index (χ1) is 8.09. The van der Waals surface area contributed by atoms with Gasteiger partial charge in [0.05, 0.1) is 6.07 Å². The summed E-state index contributed by atoms with van der Waals surface area (Å²) in [5.74, 6) is -0.149. The summed E-state index contributed by atoms with van der Waals surface area (Å²) < 4.78 is 0. The van der Waals surface area contributed by atoms with Gasteiger partial charge in [-0.3, -0.25) is 4.79 Å². The van der Waals surface area contributed by atoms with Gasteiger partial charge in [-0.2, -0.15) is 5.26 Å². The zero-order chi connectivity index (χ0) is 12.5. The van der Waals surface area contributed by atoms with Crippen LogP contribution in [-0.2, 0) is 4.79 Å². The van der Waals surface area contributed by atoms with E-state index in [1.165, 1.54) is 0 Å². The van der Waals surface area contributed by atoms with E-state index >= 15 is 0 Å². The van der Waals surface area contributed by atoms with Crippen molar-refractivity contribution in [2.24, 2.45) is 5.41 Å². The predicted octanol–water partition coefficient (Wildman–Crippen LogP) is 2.94. The Balaban J connectivity index is 2.22. The highest BCUT2D eigenvalue weighted by Gasteiger charge is 2.44. The molecule has 2 rings (SSSR count). The fourth-order valence-corrected chi connectivity index (χ4v) is 2.16. The molecular formula is C14H16N2O. The van der Waals surface area contributed by atoms with Crippen molar-refractivity contribution in [1.29, 1.82) is 5.26 Å². The first-order valence-electron chi connectivity index (χ1n) is 5.88. The third-order valence-electron chi connectivity index (χ3n) is 3.58. The Kier molecular flexibility index (Phi) is 2.89. The molecule has 0 radical (unpaired) electrons. The number of nitriles is 1. The molecule has 1 aromatic carbocycles. The number of hydrogen-bond donors (Lipinski definition) is 1. The Labute approximate surface area is 101 Å². The van der Waals surface area contributed by atoms with Gasteiger partial charge in [0.1, 0.15) is 5.41 Å². The van der Waals surface area contributed by atoms with Gasteiger partial charge >= 0.3 is 0 Å². The van der Waals surface area contributed by atoms with Crippen LogP contribution in [0, 0.1) is 30.6 Å². The fourth-order valence-electron chi connectivity index (χ4n) is 2.16. The lowest BCUT2D eigenvalue weighted by molar-refractivity contribution is -0.126. The third kappa shape index (κ3) is 1.91. The first-order valence-corrected chi connectivity index (χ1v) is 5.88. The summed E-state index contributed by atoms with van der Waals surface area (Å²) in [6.07, 6.45) is 2.33. The molecule has 0 spiro atoms. The lowest BCUT2D eigenvalue weighted by atomic mass is 9.69. The van der Waals surface area contributed by atoms with Gasteiger partial charge in [0.15, 0.2) is 0 Å². The first kappa shape index (κ1) is 11.7. The van der Waals surface area contributed by atoms with Crippen molar-refractivity contribution < 1.29 is 4.79 Å². The second-order valence-corrected chi connectivity index (χ2v) is 4.77. The Morgan fingerprint density at radius 1 is 1.35 bits per heavy atom. The Morgan fingerprint density at radius 3 is 2.35 bits per heavy atom. The number of aryl methyl sites for hydroxylation is 2. The third-order valence-corrected chi connectivity index (χ3v) is 3.58. The molecule has 1 fully saturated rings. The molecular weight excluding hydrogens is 212 g/mol. The molecule has 1 aliphatic carbocycles. The van der Waals surface area contributed by atoms with Gasteiger partial charge in [-0.25, -0.2) is 0 Å². The molecule has 1 aromatic rings. The van der Waals surface area contributed by atoms with Gasteiger partial charge in [-0.05, 0) is 44.2 Å². The molecule has 1 saturated carbocycles. The largest absolute Gasteiger partial charge is 0.324 e. The van der Waals surface area contributed by atoms with Crippen molar-refractivity contribution in [1.82, 2.24) is 0 Å². The highest BCUT2D eigenvalue weighted by molar-refractivity contribution is 5.98. The number of nitrogens with zero attached hydrogens (tertiary/aromatic N) is 1. The number of hydrogen-bond acceptors (Lipinski definition) is 2. The highest BCUT2D eigenvalue weighted by Crippen LogP contribution is 2.41. The maximum absolute atomic E-state index is 12.1. The van der Waals surface area contributed by atoms with Gasteiger partial charge in [0.2, 0.25) is 5.91 Å². The smallest absolute Gasteiger partial charge is 0.244 e. The van der Waals surface area contributed by atoms with Crippen LogP contribution in [0.3, 0.4) is 0 Å². The predicted molar refractivity (Wildman–Crippen MR) is 66.4 cm³/mol. The van der Waals surface area contributed by atoms with Crippen molar-refractivity contribution in [3.8, 4) is 6.07 Å². The van der Waals surface area contributed by atoms with Crippen molar-refractivity contribution in [3.05, 3.63) is 29.3 Å². The Hall–Kier alpha value is -1.82. The lowest BCUT2D eigenvalue weighted by Gasteiger charge is -2.33. The highest BCUT2D eigenvalue weighted by atomic mass is 16.2. The SMILES string of the molecule is Cc1cccc(C)c1NC(=O)C1(C#N)CCC1. The minimum atomic E-state index is -0.783. The van der Waals surface area contributed by atoms with E-state index in [0.29, 0.717) is 12.8 Å². The van der Waals surface area contributed by atoms with E-state index in [-0.39, 0.29) is 5.91 Å². The number of nitrogens with one attached hydrogen (secondary N) is 1. The van der Waals surface area contributed by atoms with Gasteiger partial charge in [-0.15, -0.1) is 0 Å². The zero-order valence-electron chi connectivity index (χ0n) is 10.2. The molecule has 0 heterocycles. The molecule has 1 N–H and O–H groups in total. The standard InChI is InChI=1S/C14H16N2O/c1-10-5-3-6-11(2)12(10)16-13(17)14(9-15)7-4-8-14/h3,5-6H,4,7-8H2,1-2H3,(H,16,17). The number of rotatable bonds is 2. The van der Waals surface area contributed by atoms with Gasteiger partial charge in [0.25, 0.3) is 0 Å². The van der Waals surface area contributed by atoms with E-state index in [1.54, 1.807) is 0 Å². The second-order valence-electron chi connectivity index (χ2n) is 4.77. The van der Waals surface area contributed by atoms with E-state index in [1.807, 2.05) is 32.0 Å². The average Bonchev–Trinajstić information content (AvgIpc) is 2.23. The number of para-hydroxylation sites is 1. The summed E-state index contributed by atoms with van der Waals surface area (Å²) in [4.78, 5) is 12.1. The Bertz CT molecular complexity index is 475. The van der Waals surface area contributed by atoms with Crippen LogP contribution >= 0.6 is 0 Å². The molecule has 0 unspecified atom stereocenters. The van der Waals surface area contributed by atoms with Crippen molar-refractivity contribution in [2.75, 3.05) is 5.32 Å². The summed E-state index contributed by atoms with van der Waals surface area (Å²) in [5.41, 5.74) is 2.13. The van der Waals surface area contributed by atoms with Crippen LogP contribution < -0.4 is 5.32 Å². The number of benzene rings is 1. The van der Waals surface area contributed by atoms with Crippen molar-refractivity contribution in [2.45, 2.75) is 33.1 Å². The van der Waals surface area contributed by atoms with E-state index in [2.05, 4.69) is 11.4 Å². The summed E-state index contributed by atoms with van der Waals surface area (Å²) in [6.45, 7) is 3.92. The normalized spacial score (nSPS) is 16.8. The van der Waals surface area contributed by atoms with Crippen molar-refractivity contribution in [3.63, 3.8) is 0 Å².